The van der Waals surface area contributed by atoms with E-state index in [0.717, 1.165) is 22.3 Å². The molecule has 0 N–H and O–H groups in total. The van der Waals surface area contributed by atoms with E-state index in [-0.39, 0.29) is 24.4 Å². The van der Waals surface area contributed by atoms with Crippen molar-refractivity contribution in [2.75, 3.05) is 13.2 Å². The summed E-state index contributed by atoms with van der Waals surface area (Å²) in [4.78, 5) is 32.2. The molecule has 34 heavy (non-hydrogen) atoms. The van der Waals surface area contributed by atoms with Crippen LogP contribution in [0, 0.1) is 0 Å². The van der Waals surface area contributed by atoms with Crippen molar-refractivity contribution in [3.8, 4) is 28.0 Å². The summed E-state index contributed by atoms with van der Waals surface area (Å²) in [5.74, 6) is -0.573. The summed E-state index contributed by atoms with van der Waals surface area (Å²) < 4.78 is 17.0. The molecule has 174 valence electrons. The summed E-state index contributed by atoms with van der Waals surface area (Å²) in [6.45, 7) is 10.0. The molecule has 0 aliphatic carbocycles. The number of hydrogen-bond donors (Lipinski definition) is 0. The average molecular weight is 459 g/mol. The first-order chi connectivity index (χ1) is 16.4. The van der Waals surface area contributed by atoms with Gasteiger partial charge in [-0.15, -0.1) is 0 Å². The SMILES string of the molecule is C=C(C)C(=O)OCC(COC(=O)C(=C)C)Oc1c(-c2ccncc2)cccc1-c1ccncc1. The van der Waals surface area contributed by atoms with Gasteiger partial charge in [-0.2, -0.15) is 0 Å². The van der Waals surface area contributed by atoms with E-state index in [4.69, 9.17) is 14.2 Å². The van der Waals surface area contributed by atoms with E-state index in [2.05, 4.69) is 23.1 Å². The van der Waals surface area contributed by atoms with Gasteiger partial charge < -0.3 is 14.2 Å². The lowest BCUT2D eigenvalue weighted by molar-refractivity contribution is -0.146. The number of benzene rings is 1. The largest absolute Gasteiger partial charge is 0.482 e. The topological polar surface area (TPSA) is 87.6 Å². The molecular weight excluding hydrogens is 432 g/mol. The van der Waals surface area contributed by atoms with E-state index in [9.17, 15) is 9.59 Å². The number of hydrogen-bond acceptors (Lipinski definition) is 7. The van der Waals surface area contributed by atoms with Crippen LogP contribution in [0.25, 0.3) is 22.3 Å². The highest BCUT2D eigenvalue weighted by Gasteiger charge is 2.22. The van der Waals surface area contributed by atoms with Gasteiger partial charge in [0.05, 0.1) is 0 Å². The molecule has 0 saturated heterocycles. The first kappa shape index (κ1) is 24.4. The number of para-hydroxylation sites is 1. The molecule has 3 rings (SSSR count). The molecule has 0 amide bonds. The average Bonchev–Trinajstić information content (AvgIpc) is 2.86. The summed E-state index contributed by atoms with van der Waals surface area (Å²) in [6, 6.07) is 13.3. The van der Waals surface area contributed by atoms with Gasteiger partial charge in [0.2, 0.25) is 0 Å². The second-order valence-electron chi connectivity index (χ2n) is 7.65. The second-order valence-corrected chi connectivity index (χ2v) is 7.65. The Morgan fingerprint density at radius 3 is 1.56 bits per heavy atom. The molecule has 0 radical (unpaired) electrons. The van der Waals surface area contributed by atoms with Gasteiger partial charge in [0.25, 0.3) is 0 Å². The Morgan fingerprint density at radius 1 is 0.765 bits per heavy atom. The van der Waals surface area contributed by atoms with Gasteiger partial charge in [0.15, 0.2) is 6.10 Å². The molecule has 0 saturated carbocycles. The van der Waals surface area contributed by atoms with Crippen molar-refractivity contribution in [1.82, 2.24) is 9.97 Å². The standard InChI is InChI=1S/C27H26N2O5/c1-18(2)26(30)32-16-22(17-33-27(31)19(3)4)34-25-23(20-8-12-28-13-9-20)6-5-7-24(25)21-10-14-29-15-11-21/h5-15,22H,1,3,16-17H2,2,4H3. The maximum atomic E-state index is 12.0. The Labute approximate surface area is 198 Å². The van der Waals surface area contributed by atoms with Gasteiger partial charge in [0.1, 0.15) is 19.0 Å². The van der Waals surface area contributed by atoms with Crippen molar-refractivity contribution in [3.05, 3.63) is 91.6 Å². The van der Waals surface area contributed by atoms with Crippen LogP contribution in [0.1, 0.15) is 13.8 Å². The predicted molar refractivity (Wildman–Crippen MR) is 129 cm³/mol. The van der Waals surface area contributed by atoms with E-state index in [0.29, 0.717) is 5.75 Å². The minimum atomic E-state index is -0.782. The molecule has 0 aliphatic rings. The number of carbonyl (C=O) groups is 2. The number of rotatable bonds is 10. The molecule has 7 heteroatoms. The molecule has 1 aromatic carbocycles. The number of ether oxygens (including phenoxy) is 3. The Morgan fingerprint density at radius 2 is 1.18 bits per heavy atom. The molecule has 2 aromatic heterocycles. The van der Waals surface area contributed by atoms with Crippen LogP contribution in [0.15, 0.2) is 91.6 Å². The fraction of sp³-hybridized carbons (Fsp3) is 0.185. The van der Waals surface area contributed by atoms with Gasteiger partial charge in [0, 0.05) is 47.1 Å². The van der Waals surface area contributed by atoms with Crippen molar-refractivity contribution in [2.24, 2.45) is 0 Å². The molecule has 0 aliphatic heterocycles. The Bertz CT molecular complexity index is 1090. The van der Waals surface area contributed by atoms with E-state index < -0.39 is 18.0 Å². The second kappa shape index (κ2) is 11.6. The maximum absolute atomic E-state index is 12.0. The summed E-state index contributed by atoms with van der Waals surface area (Å²) >= 11 is 0. The highest BCUT2D eigenvalue weighted by atomic mass is 16.6. The highest BCUT2D eigenvalue weighted by molar-refractivity contribution is 5.87. The fourth-order valence-corrected chi connectivity index (χ4v) is 3.05. The monoisotopic (exact) mass is 458 g/mol. The minimum Gasteiger partial charge on any atom is -0.482 e. The molecule has 0 spiro atoms. The van der Waals surface area contributed by atoms with Crippen LogP contribution in [0.2, 0.25) is 0 Å². The molecule has 0 atom stereocenters. The molecule has 3 aromatic rings. The highest BCUT2D eigenvalue weighted by Crippen LogP contribution is 2.39. The summed E-state index contributed by atoms with van der Waals surface area (Å²) in [6.07, 6.45) is 5.99. The van der Waals surface area contributed by atoms with Crippen LogP contribution in [0.3, 0.4) is 0 Å². The van der Waals surface area contributed by atoms with Gasteiger partial charge in [-0.1, -0.05) is 31.4 Å². The van der Waals surface area contributed by atoms with E-state index in [1.807, 2.05) is 42.5 Å². The summed E-state index contributed by atoms with van der Waals surface area (Å²) in [5.41, 5.74) is 3.90. The van der Waals surface area contributed by atoms with E-state index in [1.165, 1.54) is 0 Å². The van der Waals surface area contributed by atoms with Crippen molar-refractivity contribution in [2.45, 2.75) is 20.0 Å². The van der Waals surface area contributed by atoms with E-state index >= 15 is 0 Å². The summed E-state index contributed by atoms with van der Waals surface area (Å²) in [5, 5.41) is 0. The molecular formula is C27H26N2O5. The number of carbonyl (C=O) groups excluding carboxylic acids is 2. The smallest absolute Gasteiger partial charge is 0.333 e. The van der Waals surface area contributed by atoms with Crippen LogP contribution in [-0.2, 0) is 19.1 Å². The Hall–Kier alpha value is -4.26. The van der Waals surface area contributed by atoms with Crippen LogP contribution in [0.4, 0.5) is 0 Å². The third kappa shape index (κ3) is 6.38. The third-order valence-corrected chi connectivity index (χ3v) is 4.78. The van der Waals surface area contributed by atoms with Gasteiger partial charge in [-0.05, 0) is 49.2 Å². The summed E-state index contributed by atoms with van der Waals surface area (Å²) in [7, 11) is 0. The zero-order valence-corrected chi connectivity index (χ0v) is 19.2. The van der Waals surface area contributed by atoms with Crippen molar-refractivity contribution in [3.63, 3.8) is 0 Å². The van der Waals surface area contributed by atoms with Crippen molar-refractivity contribution < 1.29 is 23.8 Å². The zero-order chi connectivity index (χ0) is 24.5. The quantitative estimate of drug-likeness (QED) is 0.319. The third-order valence-electron chi connectivity index (χ3n) is 4.78. The lowest BCUT2D eigenvalue weighted by atomic mass is 9.98. The fourth-order valence-electron chi connectivity index (χ4n) is 3.05. The van der Waals surface area contributed by atoms with Crippen LogP contribution in [-0.4, -0.2) is 41.2 Å². The molecule has 0 bridgehead atoms. The number of aromatic nitrogens is 2. The molecule has 0 unspecified atom stereocenters. The van der Waals surface area contributed by atoms with Crippen LogP contribution < -0.4 is 4.74 Å². The number of nitrogens with zero attached hydrogens (tertiary/aromatic N) is 2. The molecule has 7 nitrogen and oxygen atoms in total. The maximum Gasteiger partial charge on any atom is 0.333 e. The zero-order valence-electron chi connectivity index (χ0n) is 19.2. The van der Waals surface area contributed by atoms with Crippen molar-refractivity contribution >= 4 is 11.9 Å². The number of esters is 2. The first-order valence-electron chi connectivity index (χ1n) is 10.6. The first-order valence-corrected chi connectivity index (χ1v) is 10.6. The molecule has 0 fully saturated rings. The van der Waals surface area contributed by atoms with Crippen LogP contribution in [0.5, 0.6) is 5.75 Å². The number of pyridine rings is 2. The lowest BCUT2D eigenvalue weighted by Gasteiger charge is -2.23. The predicted octanol–water partition coefficient (Wildman–Crippen LogP) is 4.80. The normalized spacial score (nSPS) is 10.4. The minimum absolute atomic E-state index is 0.143. The van der Waals surface area contributed by atoms with Crippen molar-refractivity contribution in [1.29, 1.82) is 0 Å². The van der Waals surface area contributed by atoms with Gasteiger partial charge in [-0.3, -0.25) is 9.97 Å². The van der Waals surface area contributed by atoms with Gasteiger partial charge in [-0.25, -0.2) is 9.59 Å². The lowest BCUT2D eigenvalue weighted by Crippen LogP contribution is -2.31. The Kier molecular flexibility index (Phi) is 8.29. The molecule has 2 heterocycles. The van der Waals surface area contributed by atoms with E-state index in [1.54, 1.807) is 38.6 Å². The van der Waals surface area contributed by atoms with Gasteiger partial charge >= 0.3 is 11.9 Å². The van der Waals surface area contributed by atoms with Crippen LogP contribution >= 0.6 is 0 Å². The Balaban J connectivity index is 2.01.